The molecule has 36 heavy (non-hydrogen) atoms. The van der Waals surface area contributed by atoms with Gasteiger partial charge in [-0.15, -0.1) is 0 Å². The first-order valence-corrected chi connectivity index (χ1v) is 12.8. The second kappa shape index (κ2) is 9.30. The van der Waals surface area contributed by atoms with E-state index in [1.165, 1.54) is 29.4 Å². The number of aromatic amines is 2. The topological polar surface area (TPSA) is 81.4 Å². The van der Waals surface area contributed by atoms with Crippen molar-refractivity contribution in [3.8, 4) is 11.3 Å². The van der Waals surface area contributed by atoms with Crippen molar-refractivity contribution >= 4 is 17.1 Å². The van der Waals surface area contributed by atoms with Gasteiger partial charge in [-0.3, -0.25) is 10.1 Å². The molecule has 0 amide bonds. The van der Waals surface area contributed by atoms with Gasteiger partial charge in [0.05, 0.1) is 17.1 Å². The third kappa shape index (κ3) is 3.88. The Morgan fingerprint density at radius 1 is 1.11 bits per heavy atom. The largest absolute Gasteiger partial charge is 0.385 e. The Hall–Kier alpha value is -3.87. The third-order valence-electron chi connectivity index (χ3n) is 7.52. The molecule has 0 radical (unpaired) electrons. The number of aryl methyl sites for hydroxylation is 3. The summed E-state index contributed by atoms with van der Waals surface area (Å²) >= 11 is 0. The first-order chi connectivity index (χ1) is 17.6. The molecule has 4 heterocycles. The number of anilines is 2. The number of aromatic nitrogens is 4. The van der Waals surface area contributed by atoms with E-state index < -0.39 is 0 Å². The van der Waals surface area contributed by atoms with Crippen molar-refractivity contribution < 1.29 is 4.39 Å². The molecule has 0 spiro atoms. The lowest BCUT2D eigenvalue weighted by molar-refractivity contribution is 0.613. The van der Waals surface area contributed by atoms with E-state index in [0.29, 0.717) is 12.0 Å². The van der Waals surface area contributed by atoms with Crippen LogP contribution >= 0.6 is 0 Å². The second-order valence-corrected chi connectivity index (χ2v) is 9.64. The minimum Gasteiger partial charge on any atom is -0.385 e. The summed E-state index contributed by atoms with van der Waals surface area (Å²) in [6.45, 7) is 7.09. The Morgan fingerprint density at radius 2 is 2.03 bits per heavy atom. The maximum absolute atomic E-state index is 14.6. The Kier molecular flexibility index (Phi) is 5.83. The molecule has 4 aromatic rings. The van der Waals surface area contributed by atoms with Gasteiger partial charge in [0.2, 0.25) is 0 Å². The lowest BCUT2D eigenvalue weighted by Crippen LogP contribution is -2.21. The molecule has 1 aliphatic heterocycles. The van der Waals surface area contributed by atoms with E-state index in [1.54, 1.807) is 6.07 Å². The fourth-order valence-electron chi connectivity index (χ4n) is 5.71. The molecular weight excluding hydrogens is 451 g/mol. The van der Waals surface area contributed by atoms with E-state index in [0.717, 1.165) is 83.8 Å². The summed E-state index contributed by atoms with van der Waals surface area (Å²) in [6.07, 6.45) is 10.4. The van der Waals surface area contributed by atoms with Gasteiger partial charge in [-0.25, -0.2) is 4.39 Å². The number of pyridine rings is 1. The lowest BCUT2D eigenvalue weighted by Gasteiger charge is -2.20. The number of benzene rings is 1. The monoisotopic (exact) mass is 482 g/mol. The maximum atomic E-state index is 14.6. The molecule has 7 heteroatoms. The Balaban J connectivity index is 1.41. The average molecular weight is 483 g/mol. The summed E-state index contributed by atoms with van der Waals surface area (Å²) in [5.41, 5.74) is 12.5. The molecule has 6 nitrogen and oxygen atoms in total. The molecule has 6 rings (SSSR count). The lowest BCUT2D eigenvalue weighted by atomic mass is 9.98. The van der Waals surface area contributed by atoms with Crippen LogP contribution in [0.3, 0.4) is 0 Å². The van der Waals surface area contributed by atoms with E-state index in [4.69, 9.17) is 0 Å². The minimum atomic E-state index is -0.193. The summed E-state index contributed by atoms with van der Waals surface area (Å²) in [4.78, 5) is 8.14. The van der Waals surface area contributed by atoms with Gasteiger partial charge in [0.25, 0.3) is 0 Å². The summed E-state index contributed by atoms with van der Waals surface area (Å²) in [5.74, 6) is -0.193. The van der Waals surface area contributed by atoms with Gasteiger partial charge in [-0.2, -0.15) is 5.10 Å². The maximum Gasteiger partial charge on any atom is 0.128 e. The average Bonchev–Trinajstić information content (AvgIpc) is 3.59. The molecular formula is C29H31FN6. The number of halogens is 1. The van der Waals surface area contributed by atoms with Crippen LogP contribution in [0.2, 0.25) is 0 Å². The van der Waals surface area contributed by atoms with Gasteiger partial charge in [-0.1, -0.05) is 19.6 Å². The Morgan fingerprint density at radius 3 is 2.92 bits per heavy atom. The van der Waals surface area contributed by atoms with Crippen LogP contribution in [0.5, 0.6) is 0 Å². The zero-order chi connectivity index (χ0) is 24.6. The van der Waals surface area contributed by atoms with E-state index in [2.05, 4.69) is 43.4 Å². The number of hydrogen-bond donors (Lipinski definition) is 4. The van der Waals surface area contributed by atoms with Crippen LogP contribution in [0, 0.1) is 5.82 Å². The van der Waals surface area contributed by atoms with E-state index in [1.807, 2.05) is 25.4 Å². The van der Waals surface area contributed by atoms with Crippen LogP contribution < -0.4 is 10.6 Å². The SMILES string of the molecule is C=C1NCCc2[nH]c(-c3ccncc3CCc3n[nH]c4c3CCC4)c(Nc3cccc(F)c3CC)c21. The van der Waals surface area contributed by atoms with Gasteiger partial charge in [0.15, 0.2) is 0 Å². The molecule has 3 aromatic heterocycles. The number of hydrogen-bond acceptors (Lipinski definition) is 4. The molecule has 0 fully saturated rings. The van der Waals surface area contributed by atoms with E-state index >= 15 is 0 Å². The fraction of sp³-hybridized carbons (Fsp3) is 0.310. The molecule has 0 unspecified atom stereocenters. The molecule has 0 saturated carbocycles. The van der Waals surface area contributed by atoms with Crippen LogP contribution in [0.1, 0.15) is 52.7 Å². The smallest absolute Gasteiger partial charge is 0.128 e. The van der Waals surface area contributed by atoms with Gasteiger partial charge in [-0.05, 0) is 67.9 Å². The van der Waals surface area contributed by atoms with Gasteiger partial charge < -0.3 is 15.6 Å². The van der Waals surface area contributed by atoms with Crippen molar-refractivity contribution in [1.82, 2.24) is 25.5 Å². The number of H-pyrrole nitrogens is 2. The van der Waals surface area contributed by atoms with Crippen LogP contribution in [0.25, 0.3) is 17.0 Å². The predicted octanol–water partition coefficient (Wildman–Crippen LogP) is 5.64. The van der Waals surface area contributed by atoms with Gasteiger partial charge in [0.1, 0.15) is 5.82 Å². The predicted molar refractivity (Wildman–Crippen MR) is 142 cm³/mol. The first kappa shape index (κ1) is 22.6. The molecule has 1 aliphatic carbocycles. The molecule has 0 atom stereocenters. The quantitative estimate of drug-likeness (QED) is 0.275. The minimum absolute atomic E-state index is 0.193. The number of fused-ring (bicyclic) bond motifs is 2. The highest BCUT2D eigenvalue weighted by molar-refractivity contribution is 5.91. The third-order valence-corrected chi connectivity index (χ3v) is 7.52. The van der Waals surface area contributed by atoms with Crippen molar-refractivity contribution in [2.45, 2.75) is 51.9 Å². The molecule has 2 aliphatic rings. The van der Waals surface area contributed by atoms with Crippen molar-refractivity contribution in [3.63, 3.8) is 0 Å². The molecule has 0 bridgehead atoms. The summed E-state index contributed by atoms with van der Waals surface area (Å²) in [6, 6.07) is 7.28. The van der Waals surface area contributed by atoms with Crippen molar-refractivity contribution in [3.05, 3.63) is 88.4 Å². The number of rotatable bonds is 7. The van der Waals surface area contributed by atoms with Gasteiger partial charge in [0, 0.05) is 64.8 Å². The summed E-state index contributed by atoms with van der Waals surface area (Å²) in [5, 5.41) is 14.8. The zero-order valence-corrected chi connectivity index (χ0v) is 20.6. The number of nitrogens with zero attached hydrogens (tertiary/aromatic N) is 2. The van der Waals surface area contributed by atoms with Crippen molar-refractivity contribution in [2.75, 3.05) is 11.9 Å². The number of nitrogens with one attached hydrogen (secondary N) is 4. The molecule has 184 valence electrons. The molecule has 4 N–H and O–H groups in total. The highest BCUT2D eigenvalue weighted by Crippen LogP contribution is 2.41. The summed E-state index contributed by atoms with van der Waals surface area (Å²) < 4.78 is 14.6. The van der Waals surface area contributed by atoms with Crippen LogP contribution in [-0.4, -0.2) is 26.7 Å². The van der Waals surface area contributed by atoms with Crippen molar-refractivity contribution in [2.24, 2.45) is 0 Å². The Bertz CT molecular complexity index is 1450. The Labute approximate surface area is 210 Å². The van der Waals surface area contributed by atoms with Crippen LogP contribution in [0.4, 0.5) is 15.8 Å². The summed E-state index contributed by atoms with van der Waals surface area (Å²) in [7, 11) is 0. The first-order valence-electron chi connectivity index (χ1n) is 12.8. The highest BCUT2D eigenvalue weighted by atomic mass is 19.1. The normalized spacial score (nSPS) is 14.4. The fourth-order valence-corrected chi connectivity index (χ4v) is 5.71. The van der Waals surface area contributed by atoms with Crippen LogP contribution in [0.15, 0.2) is 43.2 Å². The van der Waals surface area contributed by atoms with Crippen LogP contribution in [-0.2, 0) is 38.5 Å². The second-order valence-electron chi connectivity index (χ2n) is 9.64. The standard InChI is InChI=1S/C29H31FN6/c1-3-19-22(30)7-5-8-23(19)33-29-27-17(2)32-15-13-26(27)34-28(29)20-12-14-31-16-18(20)10-11-25-21-6-4-9-24(21)35-36-25/h5,7-8,12,14,16,32-34H,2-4,6,9-11,13,15H2,1H3,(H,35,36). The van der Waals surface area contributed by atoms with E-state index in [-0.39, 0.29) is 5.82 Å². The molecule has 1 aromatic carbocycles. The van der Waals surface area contributed by atoms with Gasteiger partial charge >= 0.3 is 0 Å². The van der Waals surface area contributed by atoms with Crippen molar-refractivity contribution in [1.29, 1.82) is 0 Å². The molecule has 0 saturated heterocycles. The highest BCUT2D eigenvalue weighted by Gasteiger charge is 2.26. The zero-order valence-electron chi connectivity index (χ0n) is 20.6. The van der Waals surface area contributed by atoms with E-state index in [9.17, 15) is 4.39 Å².